The van der Waals surface area contributed by atoms with Crippen LogP contribution >= 0.6 is 11.3 Å². The van der Waals surface area contributed by atoms with Crippen molar-refractivity contribution in [3.05, 3.63) is 45.6 Å². The third kappa shape index (κ3) is 2.24. The summed E-state index contributed by atoms with van der Waals surface area (Å²) in [4.78, 5) is 16.1. The third-order valence-electron chi connectivity index (χ3n) is 3.48. The molecule has 0 spiro atoms. The molecule has 98 valence electrons. The van der Waals surface area contributed by atoms with Gasteiger partial charge in [0.15, 0.2) is 0 Å². The molecule has 0 radical (unpaired) electrons. The second kappa shape index (κ2) is 4.70. The molecule has 0 bridgehead atoms. The van der Waals surface area contributed by atoms with Gasteiger partial charge in [0, 0.05) is 23.7 Å². The Morgan fingerprint density at radius 3 is 2.89 bits per heavy atom. The highest BCUT2D eigenvalue weighted by Crippen LogP contribution is 2.32. The van der Waals surface area contributed by atoms with Crippen LogP contribution in [0.5, 0.6) is 5.75 Å². The van der Waals surface area contributed by atoms with E-state index in [0.717, 1.165) is 17.7 Å². The van der Waals surface area contributed by atoms with Crippen LogP contribution in [0, 0.1) is 0 Å². The quantitative estimate of drug-likeness (QED) is 0.912. The summed E-state index contributed by atoms with van der Waals surface area (Å²) < 4.78 is 0. The maximum absolute atomic E-state index is 12.4. The van der Waals surface area contributed by atoms with E-state index in [1.165, 1.54) is 16.9 Å². The van der Waals surface area contributed by atoms with Crippen LogP contribution in [0.4, 0.5) is 5.69 Å². The van der Waals surface area contributed by atoms with Crippen molar-refractivity contribution >= 4 is 22.9 Å². The number of aromatic hydroxyl groups is 1. The van der Waals surface area contributed by atoms with Crippen LogP contribution in [0.25, 0.3) is 0 Å². The van der Waals surface area contributed by atoms with Crippen LogP contribution < -0.4 is 4.90 Å². The Morgan fingerprint density at radius 1 is 1.32 bits per heavy atom. The molecule has 0 saturated heterocycles. The predicted octanol–water partition coefficient (Wildman–Crippen LogP) is 3.22. The smallest absolute Gasteiger partial charge is 0.268 e. The zero-order valence-corrected chi connectivity index (χ0v) is 11.5. The average molecular weight is 273 g/mol. The molecule has 1 heterocycles. The third-order valence-corrected chi connectivity index (χ3v) is 4.70. The van der Waals surface area contributed by atoms with E-state index in [9.17, 15) is 9.90 Å². The maximum Gasteiger partial charge on any atom is 0.268 e. The molecule has 1 N–H and O–H groups in total. The Kier molecular flexibility index (Phi) is 3.03. The van der Waals surface area contributed by atoms with Crippen LogP contribution in [-0.4, -0.2) is 18.1 Å². The first-order valence-corrected chi connectivity index (χ1v) is 7.15. The number of thiophene rings is 1. The number of hydrogen-bond acceptors (Lipinski definition) is 3. The SMILES string of the molecule is CN(C(=O)c1cc2c(s1)CCC2)c1cccc(O)c1. The van der Waals surface area contributed by atoms with Crippen LogP contribution in [0.2, 0.25) is 0 Å². The second-order valence-corrected chi connectivity index (χ2v) is 5.93. The molecule has 19 heavy (non-hydrogen) atoms. The fourth-order valence-corrected chi connectivity index (χ4v) is 3.65. The predicted molar refractivity (Wildman–Crippen MR) is 77.2 cm³/mol. The van der Waals surface area contributed by atoms with Gasteiger partial charge < -0.3 is 10.0 Å². The van der Waals surface area contributed by atoms with E-state index in [4.69, 9.17) is 0 Å². The van der Waals surface area contributed by atoms with Crippen molar-refractivity contribution < 1.29 is 9.90 Å². The van der Waals surface area contributed by atoms with Crippen molar-refractivity contribution in [3.63, 3.8) is 0 Å². The normalized spacial score (nSPS) is 13.3. The summed E-state index contributed by atoms with van der Waals surface area (Å²) in [5.41, 5.74) is 2.04. The number of rotatable bonds is 2. The fourth-order valence-electron chi connectivity index (χ4n) is 2.42. The first kappa shape index (κ1) is 12.2. The zero-order valence-electron chi connectivity index (χ0n) is 10.7. The van der Waals surface area contributed by atoms with Gasteiger partial charge in [-0.15, -0.1) is 11.3 Å². The van der Waals surface area contributed by atoms with Gasteiger partial charge in [0.05, 0.1) is 4.88 Å². The lowest BCUT2D eigenvalue weighted by Crippen LogP contribution is -2.25. The van der Waals surface area contributed by atoms with E-state index >= 15 is 0 Å². The molecule has 0 atom stereocenters. The van der Waals surface area contributed by atoms with Gasteiger partial charge in [0.2, 0.25) is 0 Å². The lowest BCUT2D eigenvalue weighted by Gasteiger charge is -2.16. The lowest BCUT2D eigenvalue weighted by atomic mass is 10.2. The van der Waals surface area contributed by atoms with E-state index < -0.39 is 0 Å². The minimum Gasteiger partial charge on any atom is -0.508 e. The molecule has 1 amide bonds. The van der Waals surface area contributed by atoms with Crippen LogP contribution in [0.1, 0.15) is 26.5 Å². The van der Waals surface area contributed by atoms with E-state index in [1.807, 2.05) is 12.1 Å². The summed E-state index contributed by atoms with van der Waals surface area (Å²) in [5.74, 6) is 0.163. The van der Waals surface area contributed by atoms with Gasteiger partial charge in [0.1, 0.15) is 5.75 Å². The van der Waals surface area contributed by atoms with Crippen molar-refractivity contribution in [2.45, 2.75) is 19.3 Å². The molecule has 0 unspecified atom stereocenters. The molecule has 0 aliphatic heterocycles. The van der Waals surface area contributed by atoms with Crippen molar-refractivity contribution in [2.75, 3.05) is 11.9 Å². The molecular formula is C15H15NO2S. The largest absolute Gasteiger partial charge is 0.508 e. The van der Waals surface area contributed by atoms with E-state index in [1.54, 1.807) is 41.5 Å². The minimum atomic E-state index is -0.00926. The number of carbonyl (C=O) groups is 1. The van der Waals surface area contributed by atoms with Gasteiger partial charge in [-0.25, -0.2) is 0 Å². The summed E-state index contributed by atoms with van der Waals surface area (Å²) in [5, 5.41) is 9.47. The number of anilines is 1. The van der Waals surface area contributed by atoms with Crippen molar-refractivity contribution in [1.29, 1.82) is 0 Å². The lowest BCUT2D eigenvalue weighted by molar-refractivity contribution is 0.0997. The molecule has 0 fully saturated rings. The van der Waals surface area contributed by atoms with Gasteiger partial charge in [-0.1, -0.05) is 6.07 Å². The van der Waals surface area contributed by atoms with Gasteiger partial charge in [-0.3, -0.25) is 4.79 Å². The Labute approximate surface area is 116 Å². The molecule has 1 aromatic carbocycles. The molecule has 1 aliphatic carbocycles. The van der Waals surface area contributed by atoms with Crippen LogP contribution in [0.3, 0.4) is 0 Å². The number of amides is 1. The average Bonchev–Trinajstić information content (AvgIpc) is 2.97. The maximum atomic E-state index is 12.4. The second-order valence-electron chi connectivity index (χ2n) is 4.80. The standard InChI is InChI=1S/C15H15NO2S/c1-16(11-5-3-6-12(17)9-11)15(18)14-8-10-4-2-7-13(10)19-14/h3,5-6,8-9,17H,2,4,7H2,1H3. The number of phenols is 1. The summed E-state index contributed by atoms with van der Waals surface area (Å²) in [6.45, 7) is 0. The van der Waals surface area contributed by atoms with Crippen molar-refractivity contribution in [3.8, 4) is 5.75 Å². The number of phenolic OH excluding ortho intramolecular Hbond substituents is 1. The molecule has 0 saturated carbocycles. The first-order chi connectivity index (χ1) is 9.15. The highest BCUT2D eigenvalue weighted by molar-refractivity contribution is 7.14. The summed E-state index contributed by atoms with van der Waals surface area (Å²) in [6, 6.07) is 8.77. The molecule has 1 aliphatic rings. The number of aryl methyl sites for hydroxylation is 2. The van der Waals surface area contributed by atoms with Crippen LogP contribution in [-0.2, 0) is 12.8 Å². The Bertz CT molecular complexity index is 611. The molecule has 2 aromatic rings. The van der Waals surface area contributed by atoms with E-state index in [0.29, 0.717) is 5.69 Å². The van der Waals surface area contributed by atoms with Gasteiger partial charge >= 0.3 is 0 Å². The monoisotopic (exact) mass is 273 g/mol. The molecule has 3 nitrogen and oxygen atoms in total. The Morgan fingerprint density at radius 2 is 2.16 bits per heavy atom. The minimum absolute atomic E-state index is 0.00926. The summed E-state index contributed by atoms with van der Waals surface area (Å²) >= 11 is 1.60. The van der Waals surface area contributed by atoms with E-state index in [2.05, 4.69) is 0 Å². The highest BCUT2D eigenvalue weighted by atomic mass is 32.1. The van der Waals surface area contributed by atoms with Gasteiger partial charge in [-0.05, 0) is 43.0 Å². The van der Waals surface area contributed by atoms with Crippen molar-refractivity contribution in [1.82, 2.24) is 0 Å². The van der Waals surface area contributed by atoms with Crippen molar-refractivity contribution in [2.24, 2.45) is 0 Å². The van der Waals surface area contributed by atoms with E-state index in [-0.39, 0.29) is 11.7 Å². The number of nitrogens with zero attached hydrogens (tertiary/aromatic N) is 1. The Balaban J connectivity index is 1.86. The molecular weight excluding hydrogens is 258 g/mol. The summed E-state index contributed by atoms with van der Waals surface area (Å²) in [6.07, 6.45) is 3.40. The summed E-state index contributed by atoms with van der Waals surface area (Å²) in [7, 11) is 1.74. The van der Waals surface area contributed by atoms with Crippen LogP contribution in [0.15, 0.2) is 30.3 Å². The fraction of sp³-hybridized carbons (Fsp3) is 0.267. The highest BCUT2D eigenvalue weighted by Gasteiger charge is 2.21. The topological polar surface area (TPSA) is 40.5 Å². The number of carbonyl (C=O) groups excluding carboxylic acids is 1. The number of benzene rings is 1. The van der Waals surface area contributed by atoms with Gasteiger partial charge in [0.25, 0.3) is 5.91 Å². The number of hydrogen-bond donors (Lipinski definition) is 1. The van der Waals surface area contributed by atoms with Gasteiger partial charge in [-0.2, -0.15) is 0 Å². The number of fused-ring (bicyclic) bond motifs is 1. The molecule has 3 rings (SSSR count). The Hall–Kier alpha value is -1.81. The zero-order chi connectivity index (χ0) is 13.4. The molecule has 1 aromatic heterocycles. The first-order valence-electron chi connectivity index (χ1n) is 6.34. The molecule has 4 heteroatoms.